The number of rotatable bonds is 5. The first-order valence-electron chi connectivity index (χ1n) is 8.39. The number of carbonyl (C=O) groups is 1. The Kier molecular flexibility index (Phi) is 4.70. The molecule has 1 aromatic carbocycles. The van der Waals surface area contributed by atoms with E-state index in [0.717, 1.165) is 22.6 Å². The number of aromatic nitrogens is 4. The summed E-state index contributed by atoms with van der Waals surface area (Å²) in [5.41, 5.74) is 4.15. The monoisotopic (exact) mass is 337 g/mol. The third-order valence-electron chi connectivity index (χ3n) is 4.31. The highest BCUT2D eigenvalue weighted by molar-refractivity contribution is 5.80. The lowest BCUT2D eigenvalue weighted by atomic mass is 10.1. The number of amides is 1. The van der Waals surface area contributed by atoms with Gasteiger partial charge in [-0.2, -0.15) is 10.2 Å². The molecule has 0 saturated carbocycles. The Morgan fingerprint density at radius 2 is 1.88 bits per heavy atom. The van der Waals surface area contributed by atoms with Crippen molar-refractivity contribution in [2.45, 2.75) is 39.8 Å². The minimum absolute atomic E-state index is 0.0566. The number of carbonyl (C=O) groups excluding carboxylic acids is 1. The van der Waals surface area contributed by atoms with Crippen molar-refractivity contribution >= 4 is 5.91 Å². The highest BCUT2D eigenvalue weighted by Crippen LogP contribution is 2.18. The zero-order valence-corrected chi connectivity index (χ0v) is 15.0. The Labute approximate surface area is 147 Å². The van der Waals surface area contributed by atoms with Crippen molar-refractivity contribution in [1.29, 1.82) is 0 Å². The van der Waals surface area contributed by atoms with E-state index in [0.29, 0.717) is 0 Å². The second kappa shape index (κ2) is 6.93. The largest absolute Gasteiger partial charge is 0.348 e. The van der Waals surface area contributed by atoms with Gasteiger partial charge in [-0.05, 0) is 57.5 Å². The van der Waals surface area contributed by atoms with Crippen LogP contribution in [-0.4, -0.2) is 25.5 Å². The number of benzene rings is 1. The van der Waals surface area contributed by atoms with Crippen LogP contribution in [0.5, 0.6) is 0 Å². The number of hydrogen-bond donors (Lipinski definition) is 1. The summed E-state index contributed by atoms with van der Waals surface area (Å²) in [5, 5.41) is 11.6. The quantitative estimate of drug-likeness (QED) is 0.778. The molecule has 1 N–H and O–H groups in total. The summed E-state index contributed by atoms with van der Waals surface area (Å²) in [6, 6.07) is 11.5. The van der Waals surface area contributed by atoms with Crippen LogP contribution in [0.1, 0.15) is 42.9 Å². The predicted molar refractivity (Wildman–Crippen MR) is 96.5 cm³/mol. The molecule has 0 fully saturated rings. The van der Waals surface area contributed by atoms with Gasteiger partial charge in [0.05, 0.1) is 17.4 Å². The molecular formula is C19H23N5O. The third-order valence-corrected chi connectivity index (χ3v) is 4.31. The molecule has 0 bridgehead atoms. The Balaban J connectivity index is 1.69. The number of nitrogens with one attached hydrogen (secondary N) is 1. The fourth-order valence-corrected chi connectivity index (χ4v) is 2.84. The lowest BCUT2D eigenvalue weighted by Gasteiger charge is -2.18. The van der Waals surface area contributed by atoms with E-state index in [4.69, 9.17) is 0 Å². The third kappa shape index (κ3) is 3.63. The van der Waals surface area contributed by atoms with Crippen LogP contribution in [0.2, 0.25) is 0 Å². The Bertz CT molecular complexity index is 849. The fraction of sp³-hybridized carbons (Fsp3) is 0.316. The summed E-state index contributed by atoms with van der Waals surface area (Å²) >= 11 is 0. The summed E-state index contributed by atoms with van der Waals surface area (Å²) in [6.45, 7) is 7.83. The van der Waals surface area contributed by atoms with Crippen molar-refractivity contribution in [3.8, 4) is 5.69 Å². The van der Waals surface area contributed by atoms with Gasteiger partial charge in [0.25, 0.3) is 0 Å². The maximum absolute atomic E-state index is 12.4. The topological polar surface area (TPSA) is 64.7 Å². The first kappa shape index (κ1) is 17.0. The highest BCUT2D eigenvalue weighted by Gasteiger charge is 2.18. The molecular weight excluding hydrogens is 314 g/mol. The van der Waals surface area contributed by atoms with Crippen molar-refractivity contribution < 1.29 is 4.79 Å². The van der Waals surface area contributed by atoms with Crippen molar-refractivity contribution in [1.82, 2.24) is 24.9 Å². The van der Waals surface area contributed by atoms with Crippen LogP contribution in [0, 0.1) is 13.8 Å². The van der Waals surface area contributed by atoms with Crippen LogP contribution in [0.3, 0.4) is 0 Å². The molecule has 2 aromatic heterocycles. The number of nitrogens with zero attached hydrogens (tertiary/aromatic N) is 4. The van der Waals surface area contributed by atoms with Gasteiger partial charge in [-0.25, -0.2) is 4.68 Å². The van der Waals surface area contributed by atoms with Gasteiger partial charge in [-0.1, -0.05) is 12.1 Å². The van der Waals surface area contributed by atoms with Gasteiger partial charge >= 0.3 is 0 Å². The zero-order chi connectivity index (χ0) is 18.0. The molecule has 0 spiro atoms. The van der Waals surface area contributed by atoms with Crippen LogP contribution in [0.15, 0.2) is 48.8 Å². The molecule has 3 rings (SSSR count). The molecule has 3 aromatic rings. The van der Waals surface area contributed by atoms with Crippen molar-refractivity contribution in [3.05, 3.63) is 65.7 Å². The molecule has 1 amide bonds. The molecule has 2 atom stereocenters. The normalized spacial score (nSPS) is 13.4. The molecule has 0 aliphatic carbocycles. The SMILES string of the molecule is Cc1cc(C)n(-c2ccc([C@@H](C)NC(=O)[C@@H](C)n3cccn3)cc2)n1. The van der Waals surface area contributed by atoms with Gasteiger partial charge in [0.15, 0.2) is 0 Å². The number of aryl methyl sites for hydroxylation is 2. The summed E-state index contributed by atoms with van der Waals surface area (Å²) < 4.78 is 3.57. The maximum Gasteiger partial charge on any atom is 0.245 e. The van der Waals surface area contributed by atoms with E-state index in [-0.39, 0.29) is 18.0 Å². The van der Waals surface area contributed by atoms with Crippen LogP contribution >= 0.6 is 0 Å². The fourth-order valence-electron chi connectivity index (χ4n) is 2.84. The Morgan fingerprint density at radius 3 is 2.44 bits per heavy atom. The predicted octanol–water partition coefficient (Wildman–Crippen LogP) is 3.12. The summed E-state index contributed by atoms with van der Waals surface area (Å²) in [5.74, 6) is -0.0566. The first-order valence-corrected chi connectivity index (χ1v) is 8.39. The van der Waals surface area contributed by atoms with E-state index < -0.39 is 0 Å². The minimum atomic E-state index is -0.341. The standard InChI is InChI=1S/C19H23N5O/c1-13-12-14(2)24(22-13)18-8-6-17(7-9-18)15(3)21-19(25)16(4)23-11-5-10-20-23/h5-12,15-16H,1-4H3,(H,21,25)/t15-,16-/m1/s1. The second-order valence-electron chi connectivity index (χ2n) is 6.32. The van der Waals surface area contributed by atoms with E-state index in [1.165, 1.54) is 0 Å². The summed E-state index contributed by atoms with van der Waals surface area (Å²) in [4.78, 5) is 12.4. The van der Waals surface area contributed by atoms with E-state index in [1.54, 1.807) is 17.1 Å². The van der Waals surface area contributed by atoms with E-state index >= 15 is 0 Å². The first-order chi connectivity index (χ1) is 12.0. The average molecular weight is 337 g/mol. The Morgan fingerprint density at radius 1 is 1.16 bits per heavy atom. The summed E-state index contributed by atoms with van der Waals surface area (Å²) in [7, 11) is 0. The lowest BCUT2D eigenvalue weighted by Crippen LogP contribution is -2.33. The van der Waals surface area contributed by atoms with Gasteiger partial charge in [-0.3, -0.25) is 9.48 Å². The number of hydrogen-bond acceptors (Lipinski definition) is 3. The zero-order valence-electron chi connectivity index (χ0n) is 15.0. The molecule has 25 heavy (non-hydrogen) atoms. The minimum Gasteiger partial charge on any atom is -0.348 e. The molecule has 0 aliphatic rings. The van der Waals surface area contributed by atoms with Gasteiger partial charge in [0.2, 0.25) is 5.91 Å². The summed E-state index contributed by atoms with van der Waals surface area (Å²) in [6.07, 6.45) is 3.46. The van der Waals surface area contributed by atoms with E-state index in [9.17, 15) is 4.79 Å². The molecule has 0 radical (unpaired) electrons. The van der Waals surface area contributed by atoms with Crippen LogP contribution in [0.25, 0.3) is 5.69 Å². The van der Waals surface area contributed by atoms with Crippen molar-refractivity contribution in [2.24, 2.45) is 0 Å². The van der Waals surface area contributed by atoms with E-state index in [1.807, 2.05) is 68.8 Å². The molecule has 6 nitrogen and oxygen atoms in total. The van der Waals surface area contributed by atoms with Gasteiger partial charge in [0.1, 0.15) is 6.04 Å². The maximum atomic E-state index is 12.4. The van der Waals surface area contributed by atoms with Gasteiger partial charge < -0.3 is 5.32 Å². The molecule has 6 heteroatoms. The molecule has 130 valence electrons. The molecule has 0 aliphatic heterocycles. The van der Waals surface area contributed by atoms with Crippen molar-refractivity contribution in [2.75, 3.05) is 0 Å². The Hall–Kier alpha value is -2.89. The second-order valence-corrected chi connectivity index (χ2v) is 6.32. The molecule has 0 saturated heterocycles. The van der Waals surface area contributed by atoms with Crippen LogP contribution in [0.4, 0.5) is 0 Å². The van der Waals surface area contributed by atoms with Crippen LogP contribution in [-0.2, 0) is 4.79 Å². The van der Waals surface area contributed by atoms with E-state index in [2.05, 4.69) is 15.5 Å². The smallest absolute Gasteiger partial charge is 0.245 e. The van der Waals surface area contributed by atoms with Crippen molar-refractivity contribution in [3.63, 3.8) is 0 Å². The van der Waals surface area contributed by atoms with Gasteiger partial charge in [0, 0.05) is 18.1 Å². The average Bonchev–Trinajstić information content (AvgIpc) is 3.23. The van der Waals surface area contributed by atoms with Crippen LogP contribution < -0.4 is 5.32 Å². The molecule has 2 heterocycles. The van der Waals surface area contributed by atoms with Gasteiger partial charge in [-0.15, -0.1) is 0 Å². The lowest BCUT2D eigenvalue weighted by molar-refractivity contribution is -0.124. The molecule has 0 unspecified atom stereocenters. The highest BCUT2D eigenvalue weighted by atomic mass is 16.2.